The van der Waals surface area contributed by atoms with Gasteiger partial charge in [-0.3, -0.25) is 4.79 Å². The van der Waals surface area contributed by atoms with Gasteiger partial charge in [-0.05, 0) is 11.3 Å². The number of morpholine rings is 1. The number of carbonyl (C=O) groups excluding carboxylic acids is 1. The molecule has 1 atom stereocenters. The van der Waals surface area contributed by atoms with Crippen LogP contribution in [0.1, 0.15) is 20.8 Å². The third-order valence-corrected chi connectivity index (χ3v) is 3.72. The minimum absolute atomic E-state index is 0.122. The van der Waals surface area contributed by atoms with Gasteiger partial charge in [-0.1, -0.05) is 36.7 Å². The number of alkyl halides is 1. The molecule has 0 aliphatic carbocycles. The van der Waals surface area contributed by atoms with Crippen molar-refractivity contribution in [2.75, 3.05) is 31.6 Å². The number of halogens is 1. The van der Waals surface area contributed by atoms with Crippen LogP contribution in [0.2, 0.25) is 0 Å². The van der Waals surface area contributed by atoms with Gasteiger partial charge in [0, 0.05) is 18.4 Å². The van der Waals surface area contributed by atoms with E-state index in [1.807, 2.05) is 4.90 Å². The molecule has 88 valence electrons. The van der Waals surface area contributed by atoms with E-state index in [1.54, 1.807) is 0 Å². The predicted molar refractivity (Wildman–Crippen MR) is 64.1 cm³/mol. The van der Waals surface area contributed by atoms with Crippen molar-refractivity contribution in [2.45, 2.75) is 20.8 Å². The fraction of sp³-hybridized carbons (Fsp3) is 0.909. The summed E-state index contributed by atoms with van der Waals surface area (Å²) in [6, 6.07) is 0. The van der Waals surface area contributed by atoms with E-state index in [9.17, 15) is 4.79 Å². The van der Waals surface area contributed by atoms with Crippen LogP contribution in [-0.4, -0.2) is 42.4 Å². The standard InChI is InChI=1S/C11H20BrNO2/c1-11(2,3)9(6-12)7-13-4-5-15-8-10(13)14/h9H,4-8H2,1-3H3. The number of rotatable bonds is 3. The van der Waals surface area contributed by atoms with E-state index in [2.05, 4.69) is 36.7 Å². The van der Waals surface area contributed by atoms with Crippen LogP contribution in [0.15, 0.2) is 0 Å². The van der Waals surface area contributed by atoms with E-state index in [4.69, 9.17) is 4.74 Å². The van der Waals surface area contributed by atoms with E-state index in [0.717, 1.165) is 18.4 Å². The number of amides is 1. The molecule has 15 heavy (non-hydrogen) atoms. The van der Waals surface area contributed by atoms with Gasteiger partial charge in [0.25, 0.3) is 0 Å². The van der Waals surface area contributed by atoms with E-state index >= 15 is 0 Å². The maximum atomic E-state index is 11.6. The fourth-order valence-corrected chi connectivity index (χ4v) is 2.74. The lowest BCUT2D eigenvalue weighted by Gasteiger charge is -2.36. The summed E-state index contributed by atoms with van der Waals surface area (Å²) in [7, 11) is 0. The first-order valence-electron chi connectivity index (χ1n) is 5.36. The highest BCUT2D eigenvalue weighted by Crippen LogP contribution is 2.28. The number of carbonyl (C=O) groups is 1. The zero-order valence-corrected chi connectivity index (χ0v) is 11.3. The normalized spacial score (nSPS) is 20.5. The van der Waals surface area contributed by atoms with Crippen LogP contribution in [0, 0.1) is 11.3 Å². The molecular weight excluding hydrogens is 258 g/mol. The van der Waals surface area contributed by atoms with E-state index in [0.29, 0.717) is 12.5 Å². The second-order valence-electron chi connectivity index (χ2n) is 5.11. The number of ether oxygens (including phenoxy) is 1. The second-order valence-corrected chi connectivity index (χ2v) is 5.76. The molecule has 1 amide bonds. The summed E-state index contributed by atoms with van der Waals surface area (Å²) in [5, 5.41) is 0.932. The molecule has 0 radical (unpaired) electrons. The maximum absolute atomic E-state index is 11.6. The first-order valence-corrected chi connectivity index (χ1v) is 6.48. The van der Waals surface area contributed by atoms with Crippen molar-refractivity contribution in [3.05, 3.63) is 0 Å². The van der Waals surface area contributed by atoms with Crippen LogP contribution in [-0.2, 0) is 9.53 Å². The van der Waals surface area contributed by atoms with Gasteiger partial charge < -0.3 is 9.64 Å². The van der Waals surface area contributed by atoms with Crippen LogP contribution in [0.3, 0.4) is 0 Å². The minimum Gasteiger partial charge on any atom is -0.370 e. The molecule has 0 N–H and O–H groups in total. The maximum Gasteiger partial charge on any atom is 0.248 e. The van der Waals surface area contributed by atoms with Gasteiger partial charge in [0.05, 0.1) is 6.61 Å². The summed E-state index contributed by atoms with van der Waals surface area (Å²) >= 11 is 3.53. The van der Waals surface area contributed by atoms with Crippen LogP contribution in [0.5, 0.6) is 0 Å². The molecule has 0 aromatic rings. The molecule has 1 fully saturated rings. The molecule has 0 aromatic heterocycles. The molecular formula is C11H20BrNO2. The smallest absolute Gasteiger partial charge is 0.248 e. The van der Waals surface area contributed by atoms with E-state index in [1.165, 1.54) is 0 Å². The van der Waals surface area contributed by atoms with Gasteiger partial charge in [0.2, 0.25) is 5.91 Å². The summed E-state index contributed by atoms with van der Waals surface area (Å²) < 4.78 is 5.11. The van der Waals surface area contributed by atoms with Gasteiger partial charge in [0.15, 0.2) is 0 Å². The Balaban J connectivity index is 2.54. The SMILES string of the molecule is CC(C)(C)C(CBr)CN1CCOCC1=O. The highest BCUT2D eigenvalue weighted by Gasteiger charge is 2.28. The Labute approximate surface area is 100 Å². The molecule has 0 aromatic carbocycles. The average Bonchev–Trinajstić information content (AvgIpc) is 2.14. The topological polar surface area (TPSA) is 29.5 Å². The molecule has 1 rings (SSSR count). The summed E-state index contributed by atoms with van der Waals surface area (Å²) in [6.45, 7) is 9.12. The Morgan fingerprint density at radius 3 is 2.67 bits per heavy atom. The molecule has 4 heteroatoms. The zero-order chi connectivity index (χ0) is 11.5. The Kier molecular flexibility index (Phi) is 4.59. The van der Waals surface area contributed by atoms with Crippen molar-refractivity contribution in [1.29, 1.82) is 0 Å². The highest BCUT2D eigenvalue weighted by atomic mass is 79.9. The highest BCUT2D eigenvalue weighted by molar-refractivity contribution is 9.09. The summed E-state index contributed by atoms with van der Waals surface area (Å²) in [5.41, 5.74) is 0.224. The van der Waals surface area contributed by atoms with E-state index < -0.39 is 0 Å². The Hall–Kier alpha value is -0.0900. The fourth-order valence-electron chi connectivity index (χ4n) is 1.56. The number of nitrogens with zero attached hydrogens (tertiary/aromatic N) is 1. The molecule has 1 aliphatic heterocycles. The van der Waals surface area contributed by atoms with Gasteiger partial charge in [0.1, 0.15) is 6.61 Å². The molecule has 1 aliphatic rings. The van der Waals surface area contributed by atoms with Crippen molar-refractivity contribution >= 4 is 21.8 Å². The van der Waals surface area contributed by atoms with Crippen molar-refractivity contribution in [3.8, 4) is 0 Å². The lowest BCUT2D eigenvalue weighted by molar-refractivity contribution is -0.143. The summed E-state index contributed by atoms with van der Waals surface area (Å²) in [4.78, 5) is 13.5. The van der Waals surface area contributed by atoms with Gasteiger partial charge >= 0.3 is 0 Å². The third kappa shape index (κ3) is 3.76. The Morgan fingerprint density at radius 1 is 1.53 bits per heavy atom. The first kappa shape index (κ1) is 13.0. The molecule has 1 saturated heterocycles. The van der Waals surface area contributed by atoms with Crippen LogP contribution in [0.25, 0.3) is 0 Å². The lowest BCUT2D eigenvalue weighted by atomic mass is 9.81. The second kappa shape index (κ2) is 5.30. The van der Waals surface area contributed by atoms with Crippen molar-refractivity contribution in [2.24, 2.45) is 11.3 Å². The van der Waals surface area contributed by atoms with Crippen LogP contribution >= 0.6 is 15.9 Å². The molecule has 0 bridgehead atoms. The summed E-state index contributed by atoms with van der Waals surface area (Å²) in [5.74, 6) is 0.607. The van der Waals surface area contributed by atoms with Crippen molar-refractivity contribution in [3.63, 3.8) is 0 Å². The Morgan fingerprint density at radius 2 is 2.20 bits per heavy atom. The monoisotopic (exact) mass is 277 g/mol. The zero-order valence-electron chi connectivity index (χ0n) is 9.75. The third-order valence-electron chi connectivity index (χ3n) is 2.94. The number of hydrogen-bond acceptors (Lipinski definition) is 2. The van der Waals surface area contributed by atoms with Gasteiger partial charge in [-0.2, -0.15) is 0 Å². The van der Waals surface area contributed by atoms with Gasteiger partial charge in [-0.25, -0.2) is 0 Å². The average molecular weight is 278 g/mol. The Bertz CT molecular complexity index is 225. The molecule has 0 spiro atoms. The quantitative estimate of drug-likeness (QED) is 0.738. The lowest BCUT2D eigenvalue weighted by Crippen LogP contribution is -2.46. The molecule has 1 unspecified atom stereocenters. The predicted octanol–water partition coefficient (Wildman–Crippen LogP) is 1.90. The van der Waals surface area contributed by atoms with Crippen molar-refractivity contribution < 1.29 is 9.53 Å². The van der Waals surface area contributed by atoms with Gasteiger partial charge in [-0.15, -0.1) is 0 Å². The first-order chi connectivity index (χ1) is 6.95. The molecule has 3 nitrogen and oxygen atoms in total. The van der Waals surface area contributed by atoms with Crippen LogP contribution in [0.4, 0.5) is 0 Å². The molecule has 1 heterocycles. The minimum atomic E-state index is 0.122. The van der Waals surface area contributed by atoms with Crippen molar-refractivity contribution in [1.82, 2.24) is 4.90 Å². The van der Waals surface area contributed by atoms with Crippen LogP contribution < -0.4 is 0 Å². The molecule has 0 saturated carbocycles. The van der Waals surface area contributed by atoms with E-state index in [-0.39, 0.29) is 17.9 Å². The number of hydrogen-bond donors (Lipinski definition) is 0. The summed E-state index contributed by atoms with van der Waals surface area (Å²) in [6.07, 6.45) is 0. The largest absolute Gasteiger partial charge is 0.370 e.